The van der Waals surface area contributed by atoms with Crippen LogP contribution in [0.1, 0.15) is 24.5 Å². The molecule has 2 unspecified atom stereocenters. The highest BCUT2D eigenvalue weighted by Crippen LogP contribution is 2.27. The lowest BCUT2D eigenvalue weighted by atomic mass is 9.83. The van der Waals surface area contributed by atoms with Crippen LogP contribution in [0, 0.1) is 5.92 Å². The third-order valence-electron chi connectivity index (χ3n) is 4.48. The largest absolute Gasteiger partial charge is 0.353 e. The predicted octanol–water partition coefficient (Wildman–Crippen LogP) is 1.14. The van der Waals surface area contributed by atoms with Gasteiger partial charge in [-0.25, -0.2) is 0 Å². The van der Waals surface area contributed by atoms with E-state index < -0.39 is 0 Å². The fourth-order valence-corrected chi connectivity index (χ4v) is 3.23. The predicted molar refractivity (Wildman–Crippen MR) is 76.1 cm³/mol. The summed E-state index contributed by atoms with van der Waals surface area (Å²) in [5.74, 6) is 0.126. The molecule has 4 heteroatoms. The van der Waals surface area contributed by atoms with Gasteiger partial charge in [-0.2, -0.15) is 0 Å². The van der Waals surface area contributed by atoms with Crippen LogP contribution in [0.4, 0.5) is 0 Å². The highest BCUT2D eigenvalue weighted by atomic mass is 16.2. The maximum absolute atomic E-state index is 12.7. The molecule has 2 aliphatic rings. The smallest absolute Gasteiger partial charge is 0.242 e. The molecule has 0 radical (unpaired) electrons. The van der Waals surface area contributed by atoms with Crippen LogP contribution < -0.4 is 5.32 Å². The lowest BCUT2D eigenvalue weighted by molar-refractivity contribution is -0.145. The zero-order valence-electron chi connectivity index (χ0n) is 11.8. The van der Waals surface area contributed by atoms with Gasteiger partial charge in [0.25, 0.3) is 0 Å². The molecule has 1 aliphatic heterocycles. The molecule has 1 aliphatic carbocycles. The first-order chi connectivity index (χ1) is 9.66. The first-order valence-electron chi connectivity index (χ1n) is 7.32. The Hall–Kier alpha value is -1.84. The number of aryl methyl sites for hydroxylation is 1. The average Bonchev–Trinajstić information content (AvgIpc) is 2.49. The van der Waals surface area contributed by atoms with E-state index in [0.717, 1.165) is 19.3 Å². The van der Waals surface area contributed by atoms with Crippen molar-refractivity contribution in [3.05, 3.63) is 35.4 Å². The van der Waals surface area contributed by atoms with Crippen LogP contribution in [0.25, 0.3) is 0 Å². The molecule has 0 aromatic heterocycles. The Morgan fingerprint density at radius 2 is 2.05 bits per heavy atom. The molecule has 2 amide bonds. The molecule has 1 aromatic rings. The number of nitrogens with zero attached hydrogens (tertiary/aromatic N) is 1. The number of carbonyl (C=O) groups excluding carboxylic acids is 2. The van der Waals surface area contributed by atoms with Crippen LogP contribution in [0.15, 0.2) is 24.3 Å². The van der Waals surface area contributed by atoms with E-state index in [0.29, 0.717) is 13.1 Å². The lowest BCUT2D eigenvalue weighted by Crippen LogP contribution is -2.57. The Morgan fingerprint density at radius 3 is 2.85 bits per heavy atom. The molecule has 2 atom stereocenters. The number of fused-ring (bicyclic) bond motifs is 1. The minimum Gasteiger partial charge on any atom is -0.353 e. The Labute approximate surface area is 119 Å². The Balaban J connectivity index is 1.74. The molecule has 1 saturated heterocycles. The van der Waals surface area contributed by atoms with E-state index in [2.05, 4.69) is 23.5 Å². The number of benzene rings is 1. The van der Waals surface area contributed by atoms with Gasteiger partial charge in [-0.15, -0.1) is 0 Å². The Morgan fingerprint density at radius 1 is 1.30 bits per heavy atom. The highest BCUT2D eigenvalue weighted by molar-refractivity contribution is 5.89. The van der Waals surface area contributed by atoms with Gasteiger partial charge in [0, 0.05) is 19.0 Å². The van der Waals surface area contributed by atoms with Crippen LogP contribution in [-0.4, -0.2) is 35.8 Å². The standard InChI is InChI=1S/C16H20N2O2/c1-11-15(19)17-8-9-18(11)16(20)14-7-6-12-4-2-3-5-13(12)10-14/h2-5,11,14H,6-10H2,1H3,(H,17,19). The number of amides is 2. The molecular formula is C16H20N2O2. The summed E-state index contributed by atoms with van der Waals surface area (Å²) in [6.45, 7) is 3.01. The number of hydrogen-bond acceptors (Lipinski definition) is 2. The summed E-state index contributed by atoms with van der Waals surface area (Å²) >= 11 is 0. The first-order valence-corrected chi connectivity index (χ1v) is 7.32. The van der Waals surface area contributed by atoms with Gasteiger partial charge < -0.3 is 10.2 Å². The van der Waals surface area contributed by atoms with Crippen molar-refractivity contribution in [3.8, 4) is 0 Å². The summed E-state index contributed by atoms with van der Waals surface area (Å²) in [7, 11) is 0. The third kappa shape index (κ3) is 2.30. The molecule has 0 saturated carbocycles. The van der Waals surface area contributed by atoms with Crippen molar-refractivity contribution in [1.82, 2.24) is 10.2 Å². The van der Waals surface area contributed by atoms with Crippen LogP contribution in [-0.2, 0) is 22.4 Å². The molecule has 1 N–H and O–H groups in total. The van der Waals surface area contributed by atoms with Gasteiger partial charge in [-0.05, 0) is 37.3 Å². The van der Waals surface area contributed by atoms with Crippen molar-refractivity contribution in [2.24, 2.45) is 5.92 Å². The van der Waals surface area contributed by atoms with Gasteiger partial charge in [0.2, 0.25) is 11.8 Å². The maximum atomic E-state index is 12.7. The SMILES string of the molecule is CC1C(=O)NCCN1C(=O)C1CCc2ccccc2C1. The van der Waals surface area contributed by atoms with Gasteiger partial charge in [-0.3, -0.25) is 9.59 Å². The van der Waals surface area contributed by atoms with Gasteiger partial charge >= 0.3 is 0 Å². The molecule has 0 spiro atoms. The number of carbonyl (C=O) groups is 2. The minimum absolute atomic E-state index is 0.0262. The van der Waals surface area contributed by atoms with Crippen molar-refractivity contribution in [3.63, 3.8) is 0 Å². The normalized spacial score (nSPS) is 25.9. The van der Waals surface area contributed by atoms with E-state index in [1.807, 2.05) is 13.0 Å². The van der Waals surface area contributed by atoms with E-state index in [9.17, 15) is 9.59 Å². The second-order valence-corrected chi connectivity index (χ2v) is 5.71. The lowest BCUT2D eigenvalue weighted by Gasteiger charge is -2.36. The van der Waals surface area contributed by atoms with Crippen molar-refractivity contribution in [1.29, 1.82) is 0 Å². The topological polar surface area (TPSA) is 49.4 Å². The van der Waals surface area contributed by atoms with Crippen LogP contribution in [0.5, 0.6) is 0 Å². The number of piperazine rings is 1. The summed E-state index contributed by atoms with van der Waals surface area (Å²) in [4.78, 5) is 26.1. The van der Waals surface area contributed by atoms with Gasteiger partial charge in [-0.1, -0.05) is 24.3 Å². The van der Waals surface area contributed by atoms with E-state index in [-0.39, 0.29) is 23.8 Å². The quantitative estimate of drug-likeness (QED) is 0.833. The van der Waals surface area contributed by atoms with E-state index in [1.165, 1.54) is 11.1 Å². The second-order valence-electron chi connectivity index (χ2n) is 5.71. The Bertz CT molecular complexity index is 541. The van der Waals surface area contributed by atoms with E-state index in [1.54, 1.807) is 4.90 Å². The minimum atomic E-state index is -0.339. The van der Waals surface area contributed by atoms with Crippen molar-refractivity contribution in [2.75, 3.05) is 13.1 Å². The monoisotopic (exact) mass is 272 g/mol. The van der Waals surface area contributed by atoms with Gasteiger partial charge in [0.15, 0.2) is 0 Å². The van der Waals surface area contributed by atoms with Crippen LogP contribution >= 0.6 is 0 Å². The molecule has 1 aromatic carbocycles. The molecule has 4 nitrogen and oxygen atoms in total. The third-order valence-corrected chi connectivity index (χ3v) is 4.48. The van der Waals surface area contributed by atoms with Crippen molar-refractivity contribution in [2.45, 2.75) is 32.2 Å². The first kappa shape index (κ1) is 13.2. The summed E-state index contributed by atoms with van der Waals surface area (Å²) in [6, 6.07) is 8.00. The number of hydrogen-bond donors (Lipinski definition) is 1. The molecule has 106 valence electrons. The molecule has 20 heavy (non-hydrogen) atoms. The summed E-state index contributed by atoms with van der Waals surface area (Å²) in [5.41, 5.74) is 2.65. The maximum Gasteiger partial charge on any atom is 0.242 e. The van der Waals surface area contributed by atoms with Crippen LogP contribution in [0.3, 0.4) is 0 Å². The summed E-state index contributed by atoms with van der Waals surface area (Å²) < 4.78 is 0. The van der Waals surface area contributed by atoms with Crippen molar-refractivity contribution < 1.29 is 9.59 Å². The van der Waals surface area contributed by atoms with Crippen LogP contribution in [0.2, 0.25) is 0 Å². The van der Waals surface area contributed by atoms with E-state index >= 15 is 0 Å². The molecule has 0 bridgehead atoms. The molecule has 1 heterocycles. The summed E-state index contributed by atoms with van der Waals surface area (Å²) in [6.07, 6.45) is 2.65. The molecule has 1 fully saturated rings. The van der Waals surface area contributed by atoms with Crippen molar-refractivity contribution >= 4 is 11.8 Å². The number of rotatable bonds is 1. The fraction of sp³-hybridized carbons (Fsp3) is 0.500. The number of nitrogens with one attached hydrogen (secondary N) is 1. The average molecular weight is 272 g/mol. The summed E-state index contributed by atoms with van der Waals surface area (Å²) in [5, 5.41) is 2.80. The molecule has 3 rings (SSSR count). The molecular weight excluding hydrogens is 252 g/mol. The Kier molecular flexibility index (Phi) is 3.47. The van der Waals surface area contributed by atoms with Gasteiger partial charge in [0.05, 0.1) is 0 Å². The fourth-order valence-electron chi connectivity index (χ4n) is 3.23. The second kappa shape index (κ2) is 5.27. The zero-order valence-corrected chi connectivity index (χ0v) is 11.8. The highest BCUT2D eigenvalue weighted by Gasteiger charge is 2.34. The zero-order chi connectivity index (χ0) is 14.1. The van der Waals surface area contributed by atoms with Gasteiger partial charge in [0.1, 0.15) is 6.04 Å². The van der Waals surface area contributed by atoms with E-state index in [4.69, 9.17) is 0 Å².